The van der Waals surface area contributed by atoms with E-state index in [1.165, 1.54) is 5.19 Å². The fraction of sp³-hybridized carbons (Fsp3) is 0.522. The van der Waals surface area contributed by atoms with Crippen LogP contribution in [0.2, 0.25) is 15.2 Å². The number of hydrogen-bond donors (Lipinski definition) is 1. The third kappa shape index (κ3) is 4.63. The lowest BCUT2D eigenvalue weighted by Crippen LogP contribution is -2.63. The maximum Gasteiger partial charge on any atom is 0.234 e. The van der Waals surface area contributed by atoms with Crippen molar-refractivity contribution in [2.45, 2.75) is 71.0 Å². The molecule has 0 saturated heterocycles. The Kier molecular flexibility index (Phi) is 6.79. The fourth-order valence-electron chi connectivity index (χ4n) is 4.88. The minimum atomic E-state index is -2.32. The minimum absolute atomic E-state index is 0.0539. The molecule has 0 atom stereocenters. The highest BCUT2D eigenvalue weighted by molar-refractivity contribution is 6.91. The molecule has 2 aromatic heterocycles. The number of halogens is 1. The lowest BCUT2D eigenvalue weighted by Gasteiger charge is -2.51. The maximum atomic E-state index is 6.94. The van der Waals surface area contributed by atoms with E-state index in [-0.39, 0.29) is 16.0 Å². The van der Waals surface area contributed by atoms with E-state index < -0.39 is 8.32 Å². The molecule has 0 saturated carbocycles. The molecule has 0 radical (unpaired) electrons. The zero-order chi connectivity index (χ0) is 22.9. The van der Waals surface area contributed by atoms with Gasteiger partial charge in [-0.3, -0.25) is 0 Å². The molecule has 0 fully saturated rings. The number of hydrogen-bond acceptors (Lipinski definition) is 5. The Labute approximate surface area is 191 Å². The number of nitrogens with two attached hydrogens (primary N) is 1. The molecule has 168 valence electrons. The standard InChI is InChI=1S/C23H34ClN5OSi/c1-22(2,3)31(23(4,5)6,17-12-8-7-9-13-17)30-15-11-10-14-29-16-26-18-19(24)27-21(25)28-20(18)29/h7-9,12-13,16H,10-11,14-15H2,1-6H3,(H2,25,27,28). The van der Waals surface area contributed by atoms with Crippen molar-refractivity contribution in [2.24, 2.45) is 0 Å². The summed E-state index contributed by atoms with van der Waals surface area (Å²) in [6.45, 7) is 15.4. The third-order valence-corrected chi connectivity index (χ3v) is 12.1. The van der Waals surface area contributed by atoms with E-state index in [9.17, 15) is 0 Å². The van der Waals surface area contributed by atoms with E-state index in [0.29, 0.717) is 16.3 Å². The molecule has 0 aliphatic heterocycles. The Hall–Kier alpha value is -1.96. The Morgan fingerprint density at radius 2 is 1.65 bits per heavy atom. The molecule has 31 heavy (non-hydrogen) atoms. The number of nitrogen functional groups attached to an aromatic ring is 1. The van der Waals surface area contributed by atoms with E-state index in [4.69, 9.17) is 21.8 Å². The molecule has 6 nitrogen and oxygen atoms in total. The average molecular weight is 460 g/mol. The Bertz CT molecular complexity index is 1010. The summed E-state index contributed by atoms with van der Waals surface area (Å²) in [6, 6.07) is 10.8. The summed E-state index contributed by atoms with van der Waals surface area (Å²) in [5.41, 5.74) is 7.01. The normalized spacial score (nSPS) is 13.1. The molecular weight excluding hydrogens is 426 g/mol. The number of benzene rings is 1. The van der Waals surface area contributed by atoms with Crippen molar-refractivity contribution in [3.05, 3.63) is 41.8 Å². The molecule has 3 rings (SSSR count). The Morgan fingerprint density at radius 1 is 1.00 bits per heavy atom. The predicted octanol–water partition coefficient (Wildman–Crippen LogP) is 5.31. The molecule has 8 heteroatoms. The molecular formula is C23H34ClN5OSi. The lowest BCUT2D eigenvalue weighted by atomic mass is 10.2. The van der Waals surface area contributed by atoms with E-state index in [1.54, 1.807) is 6.33 Å². The molecule has 3 aromatic rings. The Morgan fingerprint density at radius 3 is 2.26 bits per heavy atom. The summed E-state index contributed by atoms with van der Waals surface area (Å²) >= 11 is 6.13. The van der Waals surface area contributed by atoms with Crippen molar-refractivity contribution in [1.82, 2.24) is 19.5 Å². The van der Waals surface area contributed by atoms with Gasteiger partial charge in [0, 0.05) is 13.2 Å². The van der Waals surface area contributed by atoms with Crippen LogP contribution >= 0.6 is 11.6 Å². The molecule has 0 spiro atoms. The van der Waals surface area contributed by atoms with Gasteiger partial charge in [-0.15, -0.1) is 0 Å². The van der Waals surface area contributed by atoms with Crippen LogP contribution in [-0.2, 0) is 11.0 Å². The topological polar surface area (TPSA) is 78.8 Å². The molecule has 0 aliphatic rings. The monoisotopic (exact) mass is 459 g/mol. The maximum absolute atomic E-state index is 6.94. The Balaban J connectivity index is 1.72. The highest BCUT2D eigenvalue weighted by Crippen LogP contribution is 2.51. The van der Waals surface area contributed by atoms with Crippen LogP contribution in [-0.4, -0.2) is 34.4 Å². The number of nitrogens with zero attached hydrogens (tertiary/aromatic N) is 4. The molecule has 0 unspecified atom stereocenters. The summed E-state index contributed by atoms with van der Waals surface area (Å²) in [5.74, 6) is 0.164. The minimum Gasteiger partial charge on any atom is -0.411 e. The highest BCUT2D eigenvalue weighted by Gasteiger charge is 2.56. The molecule has 0 amide bonds. The van der Waals surface area contributed by atoms with Gasteiger partial charge in [-0.05, 0) is 28.1 Å². The number of unbranched alkanes of at least 4 members (excludes halogenated alkanes) is 1. The van der Waals surface area contributed by atoms with Crippen molar-refractivity contribution in [2.75, 3.05) is 12.3 Å². The van der Waals surface area contributed by atoms with Gasteiger partial charge in [-0.1, -0.05) is 83.5 Å². The van der Waals surface area contributed by atoms with Crippen LogP contribution in [0.3, 0.4) is 0 Å². The largest absolute Gasteiger partial charge is 0.411 e. The number of aryl methyl sites for hydroxylation is 1. The van der Waals surface area contributed by atoms with Gasteiger partial charge in [0.2, 0.25) is 14.3 Å². The number of imidazole rings is 1. The van der Waals surface area contributed by atoms with Gasteiger partial charge in [-0.2, -0.15) is 9.97 Å². The van der Waals surface area contributed by atoms with E-state index in [0.717, 1.165) is 26.0 Å². The highest BCUT2D eigenvalue weighted by atomic mass is 35.5. The first kappa shape index (κ1) is 23.7. The molecule has 2 N–H and O–H groups in total. The van der Waals surface area contributed by atoms with Crippen molar-refractivity contribution in [1.29, 1.82) is 0 Å². The van der Waals surface area contributed by atoms with Crippen LogP contribution in [0.25, 0.3) is 11.2 Å². The fourth-order valence-corrected chi connectivity index (χ4v) is 11.2. The van der Waals surface area contributed by atoms with E-state index in [2.05, 4.69) is 86.8 Å². The number of fused-ring (bicyclic) bond motifs is 1. The van der Waals surface area contributed by atoms with Crippen LogP contribution in [0.4, 0.5) is 5.95 Å². The second kappa shape index (κ2) is 8.88. The average Bonchev–Trinajstić information content (AvgIpc) is 3.06. The number of rotatable bonds is 7. The third-order valence-electron chi connectivity index (χ3n) is 5.84. The van der Waals surface area contributed by atoms with Gasteiger partial charge >= 0.3 is 0 Å². The molecule has 2 heterocycles. The molecule has 0 aliphatic carbocycles. The first-order valence-corrected chi connectivity index (χ1v) is 13.1. The molecule has 0 bridgehead atoms. The zero-order valence-corrected chi connectivity index (χ0v) is 21.2. The van der Waals surface area contributed by atoms with E-state index in [1.807, 2.05) is 4.57 Å². The second-order valence-corrected chi connectivity index (χ2v) is 15.7. The van der Waals surface area contributed by atoms with Gasteiger partial charge in [0.1, 0.15) is 5.52 Å². The molecule has 1 aromatic carbocycles. The van der Waals surface area contributed by atoms with Gasteiger partial charge in [-0.25, -0.2) is 4.98 Å². The SMILES string of the molecule is CC(C)(C)[Si](OCCCCn1cnc2c(Cl)nc(N)nc21)(c1ccccc1)C(C)(C)C. The first-order chi connectivity index (χ1) is 14.5. The first-order valence-electron chi connectivity index (χ1n) is 10.8. The summed E-state index contributed by atoms with van der Waals surface area (Å²) in [6.07, 6.45) is 3.64. The smallest absolute Gasteiger partial charge is 0.234 e. The second-order valence-electron chi connectivity index (χ2n) is 10.1. The number of anilines is 1. The van der Waals surface area contributed by atoms with Gasteiger partial charge in [0.25, 0.3) is 0 Å². The van der Waals surface area contributed by atoms with Crippen LogP contribution in [0.5, 0.6) is 0 Å². The summed E-state index contributed by atoms with van der Waals surface area (Å²) in [5, 5.41) is 1.76. The summed E-state index contributed by atoms with van der Waals surface area (Å²) in [4.78, 5) is 12.6. The van der Waals surface area contributed by atoms with E-state index >= 15 is 0 Å². The van der Waals surface area contributed by atoms with Crippen LogP contribution in [0.15, 0.2) is 36.7 Å². The predicted molar refractivity (Wildman–Crippen MR) is 131 cm³/mol. The van der Waals surface area contributed by atoms with Crippen molar-refractivity contribution in [3.8, 4) is 0 Å². The summed E-state index contributed by atoms with van der Waals surface area (Å²) < 4.78 is 8.92. The van der Waals surface area contributed by atoms with Gasteiger partial charge < -0.3 is 14.7 Å². The summed E-state index contributed by atoms with van der Waals surface area (Å²) in [7, 11) is -2.32. The van der Waals surface area contributed by atoms with Crippen LogP contribution < -0.4 is 10.9 Å². The lowest BCUT2D eigenvalue weighted by molar-refractivity contribution is 0.258. The van der Waals surface area contributed by atoms with Crippen LogP contribution in [0.1, 0.15) is 54.4 Å². The quantitative estimate of drug-likeness (QED) is 0.294. The van der Waals surface area contributed by atoms with Crippen molar-refractivity contribution < 1.29 is 4.43 Å². The zero-order valence-electron chi connectivity index (χ0n) is 19.4. The van der Waals surface area contributed by atoms with Gasteiger partial charge in [0.05, 0.1) is 6.33 Å². The van der Waals surface area contributed by atoms with Gasteiger partial charge in [0.15, 0.2) is 10.8 Å². The number of aromatic nitrogens is 4. The van der Waals surface area contributed by atoms with Crippen molar-refractivity contribution in [3.63, 3.8) is 0 Å². The van der Waals surface area contributed by atoms with Crippen LogP contribution in [0, 0.1) is 0 Å². The van der Waals surface area contributed by atoms with Crippen molar-refractivity contribution >= 4 is 42.2 Å².